The van der Waals surface area contributed by atoms with Crippen molar-refractivity contribution >= 4 is 17.4 Å². The van der Waals surface area contributed by atoms with Gasteiger partial charge < -0.3 is 14.6 Å². The number of hydrazone groups is 1. The smallest absolute Gasteiger partial charge is 0.123 e. The van der Waals surface area contributed by atoms with E-state index in [1.165, 1.54) is 19.2 Å². The van der Waals surface area contributed by atoms with E-state index in [2.05, 4.69) is 10.5 Å². The van der Waals surface area contributed by atoms with Crippen LogP contribution in [0.4, 0.5) is 10.1 Å². The van der Waals surface area contributed by atoms with Crippen LogP contribution in [-0.2, 0) is 11.2 Å². The molecule has 0 radical (unpaired) electrons. The minimum Gasteiger partial charge on any atom is -0.550 e. The van der Waals surface area contributed by atoms with Gasteiger partial charge in [0.15, 0.2) is 0 Å². The number of nitrogens with one attached hydrogen (secondary N) is 1. The number of benzene rings is 2. The number of methoxy groups -OCH3 is 1. The number of rotatable bonds is 6. The molecule has 0 aliphatic heterocycles. The SMILES string of the molecule is COc1ccc(/C(C)=N\Nc2ccc(F)cc2)cc1CC(=O)[O-]. The van der Waals surface area contributed by atoms with Gasteiger partial charge in [0.25, 0.3) is 0 Å². The average Bonchev–Trinajstić information content (AvgIpc) is 2.53. The molecule has 2 aromatic carbocycles. The second-order valence-corrected chi connectivity index (χ2v) is 4.89. The summed E-state index contributed by atoms with van der Waals surface area (Å²) in [5.74, 6) is -1.02. The van der Waals surface area contributed by atoms with Crippen LogP contribution in [0.25, 0.3) is 0 Å². The van der Waals surface area contributed by atoms with Gasteiger partial charge in [0.1, 0.15) is 11.6 Å². The molecule has 2 rings (SSSR count). The Morgan fingerprint density at radius 3 is 2.57 bits per heavy atom. The Hall–Kier alpha value is -2.89. The summed E-state index contributed by atoms with van der Waals surface area (Å²) in [6, 6.07) is 11.0. The van der Waals surface area contributed by atoms with Crippen LogP contribution >= 0.6 is 0 Å². The number of hydrogen-bond acceptors (Lipinski definition) is 5. The van der Waals surface area contributed by atoms with Gasteiger partial charge in [0, 0.05) is 18.0 Å². The maximum atomic E-state index is 12.8. The quantitative estimate of drug-likeness (QED) is 0.653. The van der Waals surface area contributed by atoms with E-state index in [-0.39, 0.29) is 12.2 Å². The van der Waals surface area contributed by atoms with E-state index in [4.69, 9.17) is 4.74 Å². The van der Waals surface area contributed by atoms with Crippen LogP contribution in [0.2, 0.25) is 0 Å². The molecular weight excluding hydrogens is 299 g/mol. The molecule has 0 fully saturated rings. The molecule has 5 nitrogen and oxygen atoms in total. The first kappa shape index (κ1) is 16.5. The van der Waals surface area contributed by atoms with Crippen LogP contribution in [0.5, 0.6) is 5.75 Å². The fraction of sp³-hybridized carbons (Fsp3) is 0.176. The van der Waals surface area contributed by atoms with Gasteiger partial charge in [0.2, 0.25) is 0 Å². The zero-order chi connectivity index (χ0) is 16.8. The van der Waals surface area contributed by atoms with Gasteiger partial charge in [-0.25, -0.2) is 4.39 Å². The Kier molecular flexibility index (Phi) is 5.30. The predicted molar refractivity (Wildman–Crippen MR) is 83.9 cm³/mol. The van der Waals surface area contributed by atoms with Gasteiger partial charge in [0.05, 0.1) is 18.5 Å². The maximum absolute atomic E-state index is 12.8. The second-order valence-electron chi connectivity index (χ2n) is 4.89. The summed E-state index contributed by atoms with van der Waals surface area (Å²) < 4.78 is 18.0. The van der Waals surface area contributed by atoms with Crippen molar-refractivity contribution in [2.75, 3.05) is 12.5 Å². The Morgan fingerprint density at radius 1 is 1.26 bits per heavy atom. The molecule has 120 valence electrons. The molecule has 2 aromatic rings. The van der Waals surface area contributed by atoms with Crippen molar-refractivity contribution in [2.45, 2.75) is 13.3 Å². The van der Waals surface area contributed by atoms with Crippen LogP contribution in [0.15, 0.2) is 47.6 Å². The first-order valence-corrected chi connectivity index (χ1v) is 6.92. The van der Waals surface area contributed by atoms with Gasteiger partial charge in [-0.3, -0.25) is 5.43 Å². The molecular formula is C17H16FN2O3-. The van der Waals surface area contributed by atoms with E-state index in [1.807, 2.05) is 0 Å². The van der Waals surface area contributed by atoms with Gasteiger partial charge >= 0.3 is 0 Å². The lowest BCUT2D eigenvalue weighted by atomic mass is 10.0. The van der Waals surface area contributed by atoms with E-state index in [0.717, 1.165) is 5.56 Å². The molecule has 0 bridgehead atoms. The Balaban J connectivity index is 2.20. The van der Waals surface area contributed by atoms with Crippen LogP contribution in [-0.4, -0.2) is 18.8 Å². The van der Waals surface area contributed by atoms with Crippen LogP contribution in [0.1, 0.15) is 18.1 Å². The number of ether oxygens (including phenoxy) is 1. The number of hydrogen-bond donors (Lipinski definition) is 1. The lowest BCUT2D eigenvalue weighted by Gasteiger charge is -2.11. The summed E-state index contributed by atoms with van der Waals surface area (Å²) in [5, 5.41) is 15.0. The Morgan fingerprint density at radius 2 is 1.96 bits per heavy atom. The monoisotopic (exact) mass is 315 g/mol. The number of nitrogens with zero attached hydrogens (tertiary/aromatic N) is 1. The van der Waals surface area contributed by atoms with Crippen molar-refractivity contribution in [2.24, 2.45) is 5.10 Å². The normalized spacial score (nSPS) is 11.2. The molecule has 1 N–H and O–H groups in total. The van der Waals surface area contributed by atoms with Crippen LogP contribution in [0, 0.1) is 5.82 Å². The van der Waals surface area contributed by atoms with Gasteiger partial charge in [-0.2, -0.15) is 5.10 Å². The molecule has 0 saturated carbocycles. The summed E-state index contributed by atoms with van der Waals surface area (Å²) in [4.78, 5) is 10.8. The predicted octanol–water partition coefficient (Wildman–Crippen LogP) is 1.96. The molecule has 23 heavy (non-hydrogen) atoms. The lowest BCUT2D eigenvalue weighted by molar-refractivity contribution is -0.304. The van der Waals surface area contributed by atoms with Crippen molar-refractivity contribution in [1.29, 1.82) is 0 Å². The highest BCUT2D eigenvalue weighted by molar-refractivity contribution is 5.99. The number of anilines is 1. The third kappa shape index (κ3) is 4.54. The summed E-state index contributed by atoms with van der Waals surface area (Å²) in [6.45, 7) is 1.78. The highest BCUT2D eigenvalue weighted by atomic mass is 19.1. The average molecular weight is 315 g/mol. The first-order chi connectivity index (χ1) is 11.0. The van der Waals surface area contributed by atoms with E-state index in [1.54, 1.807) is 37.3 Å². The van der Waals surface area contributed by atoms with Crippen molar-refractivity contribution in [1.82, 2.24) is 0 Å². The fourth-order valence-electron chi connectivity index (χ4n) is 2.03. The zero-order valence-corrected chi connectivity index (χ0v) is 12.8. The standard InChI is InChI=1S/C17H17FN2O3/c1-11(19-20-15-6-4-14(18)5-7-15)12-3-8-16(23-2)13(9-12)10-17(21)22/h3-9,20H,10H2,1-2H3,(H,21,22)/p-1/b19-11-. The number of carbonyl (C=O) groups is 1. The van der Waals surface area contributed by atoms with E-state index >= 15 is 0 Å². The molecule has 0 saturated heterocycles. The molecule has 0 atom stereocenters. The number of carbonyl (C=O) groups excluding carboxylic acids is 1. The summed E-state index contributed by atoms with van der Waals surface area (Å²) in [7, 11) is 1.48. The lowest BCUT2D eigenvalue weighted by Crippen LogP contribution is -2.24. The van der Waals surface area contributed by atoms with Gasteiger partial charge in [-0.15, -0.1) is 0 Å². The minimum absolute atomic E-state index is 0.240. The van der Waals surface area contributed by atoms with Gasteiger partial charge in [-0.1, -0.05) is 0 Å². The third-order valence-electron chi connectivity index (χ3n) is 3.23. The second kappa shape index (κ2) is 7.40. The van der Waals surface area contributed by atoms with E-state index < -0.39 is 5.97 Å². The fourth-order valence-corrected chi connectivity index (χ4v) is 2.03. The molecule has 0 spiro atoms. The molecule has 0 unspecified atom stereocenters. The van der Waals surface area contributed by atoms with Gasteiger partial charge in [-0.05, 0) is 55.0 Å². The maximum Gasteiger partial charge on any atom is 0.123 e. The minimum atomic E-state index is -1.18. The topological polar surface area (TPSA) is 73.8 Å². The number of carboxylic acid groups (broad SMARTS) is 1. The molecule has 0 amide bonds. The van der Waals surface area contributed by atoms with Crippen LogP contribution < -0.4 is 15.3 Å². The largest absolute Gasteiger partial charge is 0.550 e. The van der Waals surface area contributed by atoms with Crippen molar-refractivity contribution in [3.8, 4) is 5.75 Å². The summed E-state index contributed by atoms with van der Waals surface area (Å²) in [5.41, 5.74) is 5.38. The molecule has 0 heterocycles. The summed E-state index contributed by atoms with van der Waals surface area (Å²) >= 11 is 0. The third-order valence-corrected chi connectivity index (χ3v) is 3.23. The summed E-state index contributed by atoms with van der Waals surface area (Å²) in [6.07, 6.45) is -0.240. The molecule has 0 aliphatic rings. The highest BCUT2D eigenvalue weighted by Crippen LogP contribution is 2.21. The first-order valence-electron chi connectivity index (χ1n) is 6.92. The van der Waals surface area contributed by atoms with E-state index in [9.17, 15) is 14.3 Å². The number of aliphatic carboxylic acids is 1. The molecule has 6 heteroatoms. The highest BCUT2D eigenvalue weighted by Gasteiger charge is 2.07. The number of carboxylic acids is 1. The van der Waals surface area contributed by atoms with Crippen molar-refractivity contribution < 1.29 is 19.0 Å². The number of halogens is 1. The Labute approximate surface area is 133 Å². The van der Waals surface area contributed by atoms with Crippen molar-refractivity contribution in [3.63, 3.8) is 0 Å². The Bertz CT molecular complexity index is 727. The van der Waals surface area contributed by atoms with Crippen LogP contribution in [0.3, 0.4) is 0 Å². The van der Waals surface area contributed by atoms with Crippen molar-refractivity contribution in [3.05, 3.63) is 59.4 Å². The zero-order valence-electron chi connectivity index (χ0n) is 12.8. The molecule has 0 aromatic heterocycles. The molecule has 0 aliphatic carbocycles. The van der Waals surface area contributed by atoms with E-state index in [0.29, 0.717) is 22.7 Å².